The van der Waals surface area contributed by atoms with E-state index in [-0.39, 0.29) is 22.7 Å². The molecule has 0 bridgehead atoms. The molecule has 0 saturated heterocycles. The Morgan fingerprint density at radius 1 is 1.39 bits per heavy atom. The van der Waals surface area contributed by atoms with Crippen molar-refractivity contribution in [3.63, 3.8) is 0 Å². The zero-order valence-electron chi connectivity index (χ0n) is 10.6. The average Bonchev–Trinajstić information content (AvgIpc) is 2.24. The summed E-state index contributed by atoms with van der Waals surface area (Å²) in [6.07, 6.45) is 0. The van der Waals surface area contributed by atoms with Gasteiger partial charge in [0.15, 0.2) is 0 Å². The molecular weight excluding hydrogens is 257 g/mol. The number of nitrogens with one attached hydrogen (secondary N) is 2. The summed E-state index contributed by atoms with van der Waals surface area (Å²) in [5, 5.41) is 5.62. The van der Waals surface area contributed by atoms with Gasteiger partial charge in [0.05, 0.1) is 16.4 Å². The second-order valence-corrected chi connectivity index (χ2v) is 4.79. The molecule has 0 aliphatic heterocycles. The number of benzene rings is 1. The minimum Gasteiger partial charge on any atom is -0.397 e. The molecule has 1 amide bonds. The predicted octanol–water partition coefficient (Wildman–Crippen LogP) is 2.39. The van der Waals surface area contributed by atoms with Crippen molar-refractivity contribution in [1.82, 2.24) is 5.32 Å². The third kappa shape index (κ3) is 3.77. The lowest BCUT2D eigenvalue weighted by Crippen LogP contribution is -2.41. The minimum absolute atomic E-state index is 0.0387. The van der Waals surface area contributed by atoms with Gasteiger partial charge in [0.2, 0.25) is 5.91 Å². The smallest absolute Gasteiger partial charge is 0.242 e. The van der Waals surface area contributed by atoms with Gasteiger partial charge in [-0.3, -0.25) is 4.79 Å². The molecule has 1 aromatic carbocycles. The molecule has 1 rings (SSSR count). The van der Waals surface area contributed by atoms with E-state index in [4.69, 9.17) is 17.3 Å². The zero-order valence-corrected chi connectivity index (χ0v) is 11.3. The number of hydrogen-bond acceptors (Lipinski definition) is 3. The van der Waals surface area contributed by atoms with Crippen LogP contribution in [0.5, 0.6) is 0 Å². The van der Waals surface area contributed by atoms with E-state index in [1.807, 2.05) is 13.8 Å². The molecule has 0 heterocycles. The summed E-state index contributed by atoms with van der Waals surface area (Å²) >= 11 is 5.66. The third-order valence-electron chi connectivity index (χ3n) is 2.29. The molecule has 0 aromatic heterocycles. The topological polar surface area (TPSA) is 67.2 Å². The van der Waals surface area contributed by atoms with Gasteiger partial charge >= 0.3 is 0 Å². The first kappa shape index (κ1) is 14.6. The molecule has 0 aliphatic carbocycles. The Bertz CT molecular complexity index is 451. The van der Waals surface area contributed by atoms with Crippen LogP contribution in [-0.4, -0.2) is 18.0 Å². The summed E-state index contributed by atoms with van der Waals surface area (Å²) < 4.78 is 13.1. The highest BCUT2D eigenvalue weighted by Crippen LogP contribution is 2.26. The van der Waals surface area contributed by atoms with Crippen molar-refractivity contribution in [3.8, 4) is 0 Å². The number of hydrogen-bond donors (Lipinski definition) is 3. The molecule has 0 spiro atoms. The van der Waals surface area contributed by atoms with Gasteiger partial charge in [0, 0.05) is 12.1 Å². The van der Waals surface area contributed by atoms with Crippen LogP contribution in [0.15, 0.2) is 12.1 Å². The Hall–Kier alpha value is -1.49. The lowest BCUT2D eigenvalue weighted by Gasteiger charge is -2.18. The predicted molar refractivity (Wildman–Crippen MR) is 72.2 cm³/mol. The fourth-order valence-electron chi connectivity index (χ4n) is 1.40. The van der Waals surface area contributed by atoms with Crippen molar-refractivity contribution in [2.24, 2.45) is 0 Å². The minimum atomic E-state index is -0.584. The molecule has 0 saturated carbocycles. The Morgan fingerprint density at radius 2 is 2.00 bits per heavy atom. The van der Waals surface area contributed by atoms with Gasteiger partial charge in [-0.15, -0.1) is 0 Å². The largest absolute Gasteiger partial charge is 0.397 e. The van der Waals surface area contributed by atoms with E-state index in [2.05, 4.69) is 10.6 Å². The number of carbonyl (C=O) groups is 1. The molecule has 0 fully saturated rings. The SMILES string of the molecule is CC(C)NC(=O)C(C)Nc1cc(Cl)c(F)cc1N. The molecule has 4 N–H and O–H groups in total. The molecular formula is C12H17ClFN3O. The van der Waals surface area contributed by atoms with Crippen LogP contribution < -0.4 is 16.4 Å². The number of amides is 1. The van der Waals surface area contributed by atoms with Crippen LogP contribution >= 0.6 is 11.6 Å². The number of anilines is 2. The van der Waals surface area contributed by atoms with Crippen molar-refractivity contribution >= 4 is 28.9 Å². The maximum absolute atomic E-state index is 13.1. The van der Waals surface area contributed by atoms with E-state index in [0.717, 1.165) is 6.07 Å². The van der Waals surface area contributed by atoms with Gasteiger partial charge in [-0.2, -0.15) is 0 Å². The van der Waals surface area contributed by atoms with Gasteiger partial charge in [-0.05, 0) is 26.8 Å². The Kier molecular flexibility index (Phi) is 4.78. The number of carbonyl (C=O) groups excluding carboxylic acids is 1. The van der Waals surface area contributed by atoms with Crippen molar-refractivity contribution in [2.75, 3.05) is 11.1 Å². The van der Waals surface area contributed by atoms with E-state index < -0.39 is 11.9 Å². The van der Waals surface area contributed by atoms with Crippen LogP contribution in [-0.2, 0) is 4.79 Å². The molecule has 4 nitrogen and oxygen atoms in total. The third-order valence-corrected chi connectivity index (χ3v) is 2.58. The quantitative estimate of drug-likeness (QED) is 0.738. The summed E-state index contributed by atoms with van der Waals surface area (Å²) in [5.41, 5.74) is 6.29. The Balaban J connectivity index is 2.79. The van der Waals surface area contributed by atoms with E-state index in [0.29, 0.717) is 5.69 Å². The summed E-state index contributed by atoms with van der Waals surface area (Å²) in [5.74, 6) is -0.746. The van der Waals surface area contributed by atoms with Crippen LogP contribution in [0.4, 0.5) is 15.8 Å². The van der Waals surface area contributed by atoms with Gasteiger partial charge in [-0.25, -0.2) is 4.39 Å². The average molecular weight is 274 g/mol. The Labute approximate surface area is 111 Å². The molecule has 100 valence electrons. The Morgan fingerprint density at radius 3 is 2.56 bits per heavy atom. The van der Waals surface area contributed by atoms with Gasteiger partial charge in [0.1, 0.15) is 11.9 Å². The molecule has 1 unspecified atom stereocenters. The fourth-order valence-corrected chi connectivity index (χ4v) is 1.56. The maximum atomic E-state index is 13.1. The summed E-state index contributed by atoms with van der Waals surface area (Å²) in [6.45, 7) is 5.43. The number of halogens is 2. The van der Waals surface area contributed by atoms with Crippen molar-refractivity contribution in [1.29, 1.82) is 0 Å². The van der Waals surface area contributed by atoms with Gasteiger partial charge < -0.3 is 16.4 Å². The van der Waals surface area contributed by atoms with E-state index in [1.54, 1.807) is 6.92 Å². The highest BCUT2D eigenvalue weighted by molar-refractivity contribution is 6.31. The highest BCUT2D eigenvalue weighted by atomic mass is 35.5. The van der Waals surface area contributed by atoms with Crippen LogP contribution in [0.3, 0.4) is 0 Å². The molecule has 0 aliphatic rings. The van der Waals surface area contributed by atoms with E-state index in [1.165, 1.54) is 6.07 Å². The summed E-state index contributed by atoms with van der Waals surface area (Å²) in [4.78, 5) is 11.7. The van der Waals surface area contributed by atoms with Crippen LogP contribution in [0.1, 0.15) is 20.8 Å². The number of nitrogens with two attached hydrogens (primary N) is 1. The monoisotopic (exact) mass is 273 g/mol. The number of rotatable bonds is 4. The lowest BCUT2D eigenvalue weighted by molar-refractivity contribution is -0.122. The van der Waals surface area contributed by atoms with Gasteiger partial charge in [-0.1, -0.05) is 11.6 Å². The highest BCUT2D eigenvalue weighted by Gasteiger charge is 2.15. The van der Waals surface area contributed by atoms with Gasteiger partial charge in [0.25, 0.3) is 0 Å². The summed E-state index contributed by atoms with van der Waals surface area (Å²) in [6, 6.07) is 2.05. The second kappa shape index (κ2) is 5.91. The molecule has 1 atom stereocenters. The van der Waals surface area contributed by atoms with E-state index >= 15 is 0 Å². The standard InChI is InChI=1S/C12H17ClFN3O/c1-6(2)16-12(18)7(3)17-11-4-8(13)9(14)5-10(11)15/h4-7,17H,15H2,1-3H3,(H,16,18). The zero-order chi connectivity index (χ0) is 13.9. The fraction of sp³-hybridized carbons (Fsp3) is 0.417. The van der Waals surface area contributed by atoms with Crippen LogP contribution in [0, 0.1) is 5.82 Å². The molecule has 1 aromatic rings. The van der Waals surface area contributed by atoms with Crippen molar-refractivity contribution in [3.05, 3.63) is 23.0 Å². The first-order valence-electron chi connectivity index (χ1n) is 5.62. The molecule has 18 heavy (non-hydrogen) atoms. The first-order chi connectivity index (χ1) is 8.31. The van der Waals surface area contributed by atoms with Crippen LogP contribution in [0.2, 0.25) is 5.02 Å². The normalized spacial score (nSPS) is 12.3. The lowest BCUT2D eigenvalue weighted by atomic mass is 10.2. The van der Waals surface area contributed by atoms with E-state index in [9.17, 15) is 9.18 Å². The van der Waals surface area contributed by atoms with Crippen LogP contribution in [0.25, 0.3) is 0 Å². The van der Waals surface area contributed by atoms with Crippen molar-refractivity contribution < 1.29 is 9.18 Å². The van der Waals surface area contributed by atoms with Crippen molar-refractivity contribution in [2.45, 2.75) is 32.9 Å². The summed E-state index contributed by atoms with van der Waals surface area (Å²) in [7, 11) is 0. The molecule has 6 heteroatoms. The first-order valence-corrected chi connectivity index (χ1v) is 6.00. The molecule has 0 radical (unpaired) electrons. The maximum Gasteiger partial charge on any atom is 0.242 e. The number of nitrogen functional groups attached to an aromatic ring is 1. The second-order valence-electron chi connectivity index (χ2n) is 4.38.